The molecule has 0 rings (SSSR count). The maximum absolute atomic E-state index is 11.5. The van der Waals surface area contributed by atoms with Gasteiger partial charge in [-0.05, 0) is 18.3 Å². The van der Waals surface area contributed by atoms with Crippen LogP contribution in [0.15, 0.2) is 0 Å². The maximum atomic E-state index is 11.5. The van der Waals surface area contributed by atoms with Crippen LogP contribution in [0.3, 0.4) is 0 Å². The summed E-state index contributed by atoms with van der Waals surface area (Å²) >= 11 is 0. The van der Waals surface area contributed by atoms with Crippen molar-refractivity contribution < 1.29 is 9.13 Å². The molecule has 0 heterocycles. The molecule has 0 aliphatic heterocycles. The van der Waals surface area contributed by atoms with E-state index in [9.17, 15) is 4.39 Å². The Kier molecular flexibility index (Phi) is 6.35. The molecule has 2 heteroatoms. The average Bonchev–Trinajstić information content (AvgIpc) is 1.94. The van der Waals surface area contributed by atoms with Crippen LogP contribution in [0.5, 0.6) is 0 Å². The van der Waals surface area contributed by atoms with Crippen molar-refractivity contribution in [1.82, 2.24) is 0 Å². The van der Waals surface area contributed by atoms with Gasteiger partial charge < -0.3 is 4.74 Å². The number of ether oxygens (including phenoxy) is 1. The molecule has 74 valence electrons. The molecule has 0 saturated carbocycles. The van der Waals surface area contributed by atoms with Crippen molar-refractivity contribution in [2.45, 2.75) is 46.5 Å². The normalized spacial score (nSPS) is 12.0. The molecule has 0 radical (unpaired) electrons. The van der Waals surface area contributed by atoms with Crippen molar-refractivity contribution in [2.75, 3.05) is 13.5 Å². The molecule has 0 saturated heterocycles. The van der Waals surface area contributed by atoms with E-state index in [0.717, 1.165) is 12.8 Å². The topological polar surface area (TPSA) is 9.23 Å². The Morgan fingerprint density at radius 3 is 2.25 bits per heavy atom. The van der Waals surface area contributed by atoms with Gasteiger partial charge in [-0.15, -0.1) is 0 Å². The summed E-state index contributed by atoms with van der Waals surface area (Å²) in [4.78, 5) is 0. The van der Waals surface area contributed by atoms with E-state index >= 15 is 0 Å². The molecular weight excluding hydrogens is 154 g/mol. The van der Waals surface area contributed by atoms with E-state index in [2.05, 4.69) is 25.5 Å². The van der Waals surface area contributed by atoms with E-state index in [0.29, 0.717) is 12.0 Å². The quantitative estimate of drug-likeness (QED) is 0.561. The van der Waals surface area contributed by atoms with Crippen LogP contribution in [0.25, 0.3) is 0 Å². The molecular formula is C10H21FO. The van der Waals surface area contributed by atoms with Crippen LogP contribution in [-0.4, -0.2) is 13.5 Å². The summed E-state index contributed by atoms with van der Waals surface area (Å²) in [5, 5.41) is 0. The van der Waals surface area contributed by atoms with Gasteiger partial charge in [0.05, 0.1) is 0 Å². The molecule has 0 aromatic heterocycles. The minimum atomic E-state index is -0.640. The molecule has 0 fully saturated rings. The Labute approximate surface area is 75.3 Å². The SMILES string of the molecule is CC(C)(C)CCCCCOC[18F]. The van der Waals surface area contributed by atoms with Crippen molar-refractivity contribution in [3.8, 4) is 0 Å². The summed E-state index contributed by atoms with van der Waals surface area (Å²) in [7, 11) is 0. The van der Waals surface area contributed by atoms with Crippen LogP contribution < -0.4 is 0 Å². The van der Waals surface area contributed by atoms with Crippen molar-refractivity contribution in [3.05, 3.63) is 0 Å². The summed E-state index contributed by atoms with van der Waals surface area (Å²) in [6, 6.07) is 0. The fourth-order valence-electron chi connectivity index (χ4n) is 1.09. The first-order valence-corrected chi connectivity index (χ1v) is 4.70. The molecule has 0 aliphatic rings. The number of alkyl halides is 1. The minimum Gasteiger partial charge on any atom is -0.350 e. The van der Waals surface area contributed by atoms with Gasteiger partial charge in [0.2, 0.25) is 0 Å². The van der Waals surface area contributed by atoms with Crippen molar-refractivity contribution in [1.29, 1.82) is 0 Å². The predicted octanol–water partition coefficient (Wildman–Crippen LogP) is 3.54. The van der Waals surface area contributed by atoms with Crippen LogP contribution in [0, 0.1) is 5.41 Å². The summed E-state index contributed by atoms with van der Waals surface area (Å²) in [6.45, 7) is 6.65. The predicted molar refractivity (Wildman–Crippen MR) is 49.9 cm³/mol. The van der Waals surface area contributed by atoms with E-state index in [1.807, 2.05) is 0 Å². The van der Waals surface area contributed by atoms with Gasteiger partial charge in [-0.1, -0.05) is 33.6 Å². The molecule has 0 spiro atoms. The monoisotopic (exact) mass is 175 g/mol. The van der Waals surface area contributed by atoms with Crippen molar-refractivity contribution in [2.24, 2.45) is 5.41 Å². The van der Waals surface area contributed by atoms with Gasteiger partial charge in [-0.2, -0.15) is 0 Å². The molecule has 0 amide bonds. The lowest BCUT2D eigenvalue weighted by Gasteiger charge is -2.17. The van der Waals surface area contributed by atoms with Crippen LogP contribution in [-0.2, 0) is 4.74 Å². The molecule has 12 heavy (non-hydrogen) atoms. The van der Waals surface area contributed by atoms with Gasteiger partial charge in [0.25, 0.3) is 0 Å². The Balaban J connectivity index is 3.01. The largest absolute Gasteiger partial charge is 0.350 e. The number of hydrogen-bond donors (Lipinski definition) is 0. The van der Waals surface area contributed by atoms with Gasteiger partial charge in [0, 0.05) is 6.61 Å². The van der Waals surface area contributed by atoms with Gasteiger partial charge >= 0.3 is 0 Å². The second-order valence-corrected chi connectivity index (χ2v) is 4.39. The second kappa shape index (κ2) is 6.41. The molecule has 0 bridgehead atoms. The second-order valence-electron chi connectivity index (χ2n) is 4.39. The molecule has 0 atom stereocenters. The van der Waals surface area contributed by atoms with Crippen molar-refractivity contribution >= 4 is 0 Å². The van der Waals surface area contributed by atoms with Crippen molar-refractivity contribution in [3.63, 3.8) is 0 Å². The summed E-state index contributed by atoms with van der Waals surface area (Å²) in [5.74, 6) is 0. The third kappa shape index (κ3) is 9.89. The lowest BCUT2D eigenvalue weighted by molar-refractivity contribution is 0.0551. The zero-order valence-electron chi connectivity index (χ0n) is 8.53. The maximum Gasteiger partial charge on any atom is 0.188 e. The molecule has 1 nitrogen and oxygen atoms in total. The highest BCUT2D eigenvalue weighted by Crippen LogP contribution is 2.21. The van der Waals surface area contributed by atoms with Crippen LogP contribution in [0.1, 0.15) is 46.5 Å². The fraction of sp³-hybridized carbons (Fsp3) is 1.00. The summed E-state index contributed by atoms with van der Waals surface area (Å²) in [6.07, 6.45) is 4.60. The lowest BCUT2D eigenvalue weighted by atomic mass is 9.89. The van der Waals surface area contributed by atoms with Gasteiger partial charge in [0.15, 0.2) is 6.86 Å². The Morgan fingerprint density at radius 2 is 1.75 bits per heavy atom. The fourth-order valence-corrected chi connectivity index (χ4v) is 1.09. The number of hydrogen-bond acceptors (Lipinski definition) is 1. The standard InChI is InChI=1S/C10H21FO/c1-10(2,3)7-5-4-6-8-12-9-11/h4-9H2,1-3H3/i11-1. The molecule has 0 aromatic rings. The van der Waals surface area contributed by atoms with E-state index in [1.54, 1.807) is 0 Å². The molecule has 0 N–H and O–H groups in total. The van der Waals surface area contributed by atoms with Gasteiger partial charge in [-0.25, -0.2) is 4.39 Å². The molecule has 0 aromatic carbocycles. The third-order valence-electron chi connectivity index (χ3n) is 1.79. The smallest absolute Gasteiger partial charge is 0.188 e. The Hall–Kier alpha value is -0.110. The highest BCUT2D eigenvalue weighted by atomic mass is 18.2. The van der Waals surface area contributed by atoms with E-state index < -0.39 is 6.86 Å². The van der Waals surface area contributed by atoms with Crippen LogP contribution >= 0.6 is 0 Å². The average molecular weight is 175 g/mol. The molecule has 0 unspecified atom stereocenters. The Morgan fingerprint density at radius 1 is 1.08 bits per heavy atom. The highest BCUT2D eigenvalue weighted by Gasteiger charge is 2.08. The summed E-state index contributed by atoms with van der Waals surface area (Å²) < 4.78 is 16.1. The number of halogens is 1. The molecule has 0 aliphatic carbocycles. The lowest BCUT2D eigenvalue weighted by Crippen LogP contribution is -2.04. The number of unbranched alkanes of at least 4 members (excludes halogenated alkanes) is 2. The highest BCUT2D eigenvalue weighted by molar-refractivity contribution is 4.60. The van der Waals surface area contributed by atoms with Crippen LogP contribution in [0.4, 0.5) is 4.39 Å². The third-order valence-corrected chi connectivity index (χ3v) is 1.79. The first-order valence-electron chi connectivity index (χ1n) is 4.70. The number of rotatable bonds is 6. The first kappa shape index (κ1) is 11.9. The van der Waals surface area contributed by atoms with E-state index in [-0.39, 0.29) is 0 Å². The van der Waals surface area contributed by atoms with E-state index in [1.165, 1.54) is 12.8 Å². The van der Waals surface area contributed by atoms with Gasteiger partial charge in [0.1, 0.15) is 0 Å². The first-order chi connectivity index (χ1) is 5.56. The zero-order valence-corrected chi connectivity index (χ0v) is 8.53. The zero-order chi connectivity index (χ0) is 9.45. The van der Waals surface area contributed by atoms with Crippen LogP contribution in [0.2, 0.25) is 0 Å². The summed E-state index contributed by atoms with van der Waals surface area (Å²) in [5.41, 5.74) is 0.431. The minimum absolute atomic E-state index is 0.431. The van der Waals surface area contributed by atoms with E-state index in [4.69, 9.17) is 0 Å². The Bertz CT molecular complexity index is 96.5. The van der Waals surface area contributed by atoms with Gasteiger partial charge in [-0.3, -0.25) is 0 Å².